The van der Waals surface area contributed by atoms with Crippen molar-refractivity contribution in [3.05, 3.63) is 0 Å². The fraction of sp³-hybridized carbons (Fsp3) is 0.923. The van der Waals surface area contributed by atoms with Gasteiger partial charge in [0.15, 0.2) is 0 Å². The molecule has 0 spiro atoms. The van der Waals surface area contributed by atoms with Gasteiger partial charge in [0.2, 0.25) is 5.91 Å². The molecule has 1 saturated heterocycles. The highest BCUT2D eigenvalue weighted by Crippen LogP contribution is 2.20. The maximum Gasteiger partial charge on any atom is 0.242 e. The molecule has 100 valence electrons. The average Bonchev–Trinajstić information content (AvgIpc) is 2.13. The number of carbonyl (C=O) groups is 1. The molecule has 0 saturated carbocycles. The minimum atomic E-state index is -0.766. The third-order valence-electron chi connectivity index (χ3n) is 3.39. The minimum absolute atomic E-state index is 0.0542. The molecule has 4 nitrogen and oxygen atoms in total. The second-order valence-corrected chi connectivity index (χ2v) is 6.69. The SMILES string of the molecule is C[C@@H]1CN(C(C)(C)C)CCN1C(=O)C(C)(C)N. The standard InChI is InChI=1S/C13H27N3O/c1-10-9-15(12(2,3)4)7-8-16(10)11(17)13(5,6)14/h10H,7-9,14H2,1-6H3/t10-/m1/s1. The topological polar surface area (TPSA) is 49.6 Å². The van der Waals surface area contributed by atoms with Crippen LogP contribution in [0.15, 0.2) is 0 Å². The lowest BCUT2D eigenvalue weighted by Gasteiger charge is -2.47. The van der Waals surface area contributed by atoms with Crippen molar-refractivity contribution in [2.45, 2.75) is 58.7 Å². The summed E-state index contributed by atoms with van der Waals surface area (Å²) in [5.41, 5.74) is 5.29. The summed E-state index contributed by atoms with van der Waals surface area (Å²) < 4.78 is 0. The van der Waals surface area contributed by atoms with Gasteiger partial charge in [-0.05, 0) is 41.5 Å². The summed E-state index contributed by atoms with van der Waals surface area (Å²) in [5, 5.41) is 0. The second kappa shape index (κ2) is 4.58. The molecular formula is C13H27N3O. The Hall–Kier alpha value is -0.610. The van der Waals surface area contributed by atoms with Gasteiger partial charge in [-0.1, -0.05) is 0 Å². The van der Waals surface area contributed by atoms with Crippen LogP contribution in [0, 0.1) is 0 Å². The fourth-order valence-electron chi connectivity index (χ4n) is 2.24. The van der Waals surface area contributed by atoms with E-state index in [1.54, 1.807) is 13.8 Å². The number of nitrogens with two attached hydrogens (primary N) is 1. The Balaban J connectivity index is 2.70. The first-order chi connectivity index (χ1) is 7.53. The van der Waals surface area contributed by atoms with Crippen LogP contribution in [0.2, 0.25) is 0 Å². The van der Waals surface area contributed by atoms with E-state index in [0.717, 1.165) is 19.6 Å². The van der Waals surface area contributed by atoms with E-state index in [9.17, 15) is 4.79 Å². The number of carbonyl (C=O) groups excluding carboxylic acids is 1. The van der Waals surface area contributed by atoms with Gasteiger partial charge in [-0.2, -0.15) is 0 Å². The van der Waals surface area contributed by atoms with Gasteiger partial charge in [0, 0.05) is 31.2 Å². The molecule has 17 heavy (non-hydrogen) atoms. The summed E-state index contributed by atoms with van der Waals surface area (Å²) >= 11 is 0. The summed E-state index contributed by atoms with van der Waals surface area (Å²) in [5.74, 6) is 0.0542. The zero-order valence-electron chi connectivity index (χ0n) is 12.1. The Bertz CT molecular complexity index is 288. The first kappa shape index (κ1) is 14.5. The van der Waals surface area contributed by atoms with Gasteiger partial charge < -0.3 is 10.6 Å². The van der Waals surface area contributed by atoms with Crippen molar-refractivity contribution in [1.82, 2.24) is 9.80 Å². The normalized spacial score (nSPS) is 23.9. The summed E-state index contributed by atoms with van der Waals surface area (Å²) in [6.45, 7) is 14.9. The van der Waals surface area contributed by atoms with Crippen LogP contribution in [0.5, 0.6) is 0 Å². The molecule has 0 radical (unpaired) electrons. The highest BCUT2D eigenvalue weighted by atomic mass is 16.2. The lowest BCUT2D eigenvalue weighted by molar-refractivity contribution is -0.141. The summed E-state index contributed by atoms with van der Waals surface area (Å²) in [4.78, 5) is 16.5. The second-order valence-electron chi connectivity index (χ2n) is 6.69. The van der Waals surface area contributed by atoms with Gasteiger partial charge in [0.05, 0.1) is 5.54 Å². The summed E-state index contributed by atoms with van der Waals surface area (Å²) in [7, 11) is 0. The molecule has 0 aliphatic carbocycles. The molecule has 0 aromatic heterocycles. The molecular weight excluding hydrogens is 214 g/mol. The van der Waals surface area contributed by atoms with Crippen molar-refractivity contribution in [2.75, 3.05) is 19.6 Å². The van der Waals surface area contributed by atoms with Crippen LogP contribution in [0.4, 0.5) is 0 Å². The maximum atomic E-state index is 12.2. The van der Waals surface area contributed by atoms with E-state index in [4.69, 9.17) is 5.73 Å². The van der Waals surface area contributed by atoms with Gasteiger partial charge in [-0.25, -0.2) is 0 Å². The molecule has 0 bridgehead atoms. The molecule has 1 atom stereocenters. The van der Waals surface area contributed by atoms with Crippen LogP contribution in [0.1, 0.15) is 41.5 Å². The Labute approximate surface area is 105 Å². The van der Waals surface area contributed by atoms with Gasteiger partial charge in [0.1, 0.15) is 0 Å². The van der Waals surface area contributed by atoms with Crippen LogP contribution in [-0.4, -0.2) is 52.5 Å². The third kappa shape index (κ3) is 3.42. The van der Waals surface area contributed by atoms with Gasteiger partial charge in [-0.3, -0.25) is 9.69 Å². The number of rotatable bonds is 1. The van der Waals surface area contributed by atoms with E-state index < -0.39 is 5.54 Å². The summed E-state index contributed by atoms with van der Waals surface area (Å²) in [6, 6.07) is 0.235. The van der Waals surface area contributed by atoms with Crippen LogP contribution in [0.25, 0.3) is 0 Å². The molecule has 0 aromatic rings. The molecule has 1 aliphatic heterocycles. The summed E-state index contributed by atoms with van der Waals surface area (Å²) in [6.07, 6.45) is 0. The Morgan fingerprint density at radius 1 is 1.18 bits per heavy atom. The number of nitrogens with zero attached hydrogens (tertiary/aromatic N) is 2. The third-order valence-corrected chi connectivity index (χ3v) is 3.39. The van der Waals surface area contributed by atoms with Crippen LogP contribution < -0.4 is 5.73 Å². The van der Waals surface area contributed by atoms with Crippen molar-refractivity contribution in [3.8, 4) is 0 Å². The number of piperazine rings is 1. The number of hydrogen-bond donors (Lipinski definition) is 1. The highest BCUT2D eigenvalue weighted by Gasteiger charge is 2.36. The first-order valence-electron chi connectivity index (χ1n) is 6.38. The van der Waals surface area contributed by atoms with E-state index in [2.05, 4.69) is 32.6 Å². The predicted molar refractivity (Wildman–Crippen MR) is 70.8 cm³/mol. The highest BCUT2D eigenvalue weighted by molar-refractivity contribution is 5.85. The monoisotopic (exact) mass is 241 g/mol. The Morgan fingerprint density at radius 2 is 1.71 bits per heavy atom. The van der Waals surface area contributed by atoms with Crippen LogP contribution >= 0.6 is 0 Å². The Kier molecular flexibility index (Phi) is 3.89. The van der Waals surface area contributed by atoms with E-state index in [1.807, 2.05) is 4.90 Å². The molecule has 0 unspecified atom stereocenters. The van der Waals surface area contributed by atoms with Crippen molar-refractivity contribution >= 4 is 5.91 Å². The lowest BCUT2D eigenvalue weighted by atomic mass is 9.99. The van der Waals surface area contributed by atoms with E-state index in [-0.39, 0.29) is 17.5 Å². The predicted octanol–water partition coefficient (Wildman–Crippen LogP) is 1.05. The fourth-order valence-corrected chi connectivity index (χ4v) is 2.24. The van der Waals surface area contributed by atoms with E-state index in [0.29, 0.717) is 0 Å². The molecule has 1 amide bonds. The molecule has 4 heteroatoms. The zero-order valence-corrected chi connectivity index (χ0v) is 12.1. The van der Waals surface area contributed by atoms with Crippen LogP contribution in [0.3, 0.4) is 0 Å². The molecule has 2 N–H and O–H groups in total. The van der Waals surface area contributed by atoms with Gasteiger partial charge in [-0.15, -0.1) is 0 Å². The smallest absolute Gasteiger partial charge is 0.242 e. The van der Waals surface area contributed by atoms with Crippen molar-refractivity contribution in [2.24, 2.45) is 5.73 Å². The molecule has 0 aromatic carbocycles. The van der Waals surface area contributed by atoms with Crippen LogP contribution in [-0.2, 0) is 4.79 Å². The van der Waals surface area contributed by atoms with Gasteiger partial charge in [0.25, 0.3) is 0 Å². The molecule has 1 rings (SSSR count). The molecule has 1 heterocycles. The first-order valence-corrected chi connectivity index (χ1v) is 6.38. The average molecular weight is 241 g/mol. The van der Waals surface area contributed by atoms with Crippen molar-refractivity contribution < 1.29 is 4.79 Å². The number of hydrogen-bond acceptors (Lipinski definition) is 3. The largest absolute Gasteiger partial charge is 0.336 e. The lowest BCUT2D eigenvalue weighted by Crippen LogP contribution is -2.62. The van der Waals surface area contributed by atoms with E-state index >= 15 is 0 Å². The minimum Gasteiger partial charge on any atom is -0.336 e. The molecule has 1 fully saturated rings. The quantitative estimate of drug-likeness (QED) is 0.746. The van der Waals surface area contributed by atoms with Gasteiger partial charge >= 0.3 is 0 Å². The zero-order chi connectivity index (χ0) is 13.4. The van der Waals surface area contributed by atoms with E-state index in [1.165, 1.54) is 0 Å². The van der Waals surface area contributed by atoms with Crippen molar-refractivity contribution in [1.29, 1.82) is 0 Å². The molecule has 1 aliphatic rings. The van der Waals surface area contributed by atoms with Crippen molar-refractivity contribution in [3.63, 3.8) is 0 Å². The number of amides is 1. The Morgan fingerprint density at radius 3 is 2.06 bits per heavy atom. The maximum absolute atomic E-state index is 12.2.